The molecule has 8 heteroatoms. The van der Waals surface area contributed by atoms with Crippen molar-refractivity contribution in [1.29, 1.82) is 0 Å². The summed E-state index contributed by atoms with van der Waals surface area (Å²) in [6, 6.07) is 0. The highest BCUT2D eigenvalue weighted by Gasteiger charge is 2.30. The number of amides is 1. The molecule has 0 aromatic rings. The lowest BCUT2D eigenvalue weighted by Crippen LogP contribution is -2.37. The summed E-state index contributed by atoms with van der Waals surface area (Å²) >= 11 is 0. The van der Waals surface area contributed by atoms with Crippen molar-refractivity contribution in [2.45, 2.75) is 58.2 Å². The number of Topliss-reactive ketones (excluding diaryl/α,β-unsaturated/α-hetero) is 1. The Bertz CT molecular complexity index is 974. The molecule has 0 aromatic carbocycles. The zero-order valence-electron chi connectivity index (χ0n) is 23.1. The standard InChI is InChI=1S/C29H43N3O5/c1-20-12-9-7-8-10-14-25(36-5)26(37-6)15-11-13-21(2)29(35)31-23-19-24(33)27(22(18-20)28(23)34)30-16-17-32(3)4/h10-11,13-15,19-20,25-26,30H,7-9,12,16-18H2,1-6H3,(H,31,35)/b14-10-,15-11+,21-13+. The van der Waals surface area contributed by atoms with Gasteiger partial charge in [0, 0.05) is 44.5 Å². The number of ketones is 2. The molecular weight excluding hydrogens is 470 g/mol. The number of likely N-dealkylation sites (N-methyl/N-ethyl adjacent to an activating group) is 1. The van der Waals surface area contributed by atoms with Crippen LogP contribution in [0.2, 0.25) is 0 Å². The first-order valence-corrected chi connectivity index (χ1v) is 13.0. The second-order valence-electron chi connectivity index (χ2n) is 9.95. The smallest absolute Gasteiger partial charge is 0.251 e. The summed E-state index contributed by atoms with van der Waals surface area (Å²) < 4.78 is 11.1. The summed E-state index contributed by atoms with van der Waals surface area (Å²) in [5.41, 5.74) is 1.20. The first-order chi connectivity index (χ1) is 17.7. The SMILES string of the molecule is COC1/C=C\CCCCC(C)CC2=C(NCCN(C)C)C(=O)C=C(NC(=O)/C(C)=C/C=C/C1OC)C2=O. The van der Waals surface area contributed by atoms with Crippen LogP contribution in [0.3, 0.4) is 0 Å². The quantitative estimate of drug-likeness (QED) is 0.416. The van der Waals surface area contributed by atoms with E-state index in [4.69, 9.17) is 9.47 Å². The normalized spacial score (nSPS) is 27.9. The molecule has 0 fully saturated rings. The summed E-state index contributed by atoms with van der Waals surface area (Å²) in [5.74, 6) is -0.835. The minimum atomic E-state index is -0.441. The molecule has 2 N–H and O–H groups in total. The van der Waals surface area contributed by atoms with E-state index in [1.807, 2.05) is 31.1 Å². The Hall–Kier alpha value is -2.81. The molecule has 1 amide bonds. The summed E-state index contributed by atoms with van der Waals surface area (Å²) in [7, 11) is 7.16. The van der Waals surface area contributed by atoms with Crippen molar-refractivity contribution in [3.63, 3.8) is 0 Å². The fourth-order valence-corrected chi connectivity index (χ4v) is 4.27. The lowest BCUT2D eigenvalue weighted by atomic mass is 9.87. The minimum absolute atomic E-state index is 0.0171. The third-order valence-corrected chi connectivity index (χ3v) is 6.52. The average Bonchev–Trinajstić information content (AvgIpc) is 2.85. The first-order valence-electron chi connectivity index (χ1n) is 13.0. The number of nitrogens with zero attached hydrogens (tertiary/aromatic N) is 1. The Kier molecular flexibility index (Phi) is 12.7. The molecule has 2 rings (SSSR count). The van der Waals surface area contributed by atoms with Crippen molar-refractivity contribution >= 4 is 17.5 Å². The molecule has 2 bridgehead atoms. The van der Waals surface area contributed by atoms with E-state index in [-0.39, 0.29) is 35.4 Å². The van der Waals surface area contributed by atoms with Crippen molar-refractivity contribution in [2.24, 2.45) is 5.92 Å². The summed E-state index contributed by atoms with van der Waals surface area (Å²) in [6.07, 6.45) is 14.3. The topological polar surface area (TPSA) is 97.0 Å². The van der Waals surface area contributed by atoms with Gasteiger partial charge in [0.2, 0.25) is 11.6 Å². The molecule has 3 atom stereocenters. The third kappa shape index (κ3) is 9.54. The predicted molar refractivity (Wildman–Crippen MR) is 146 cm³/mol. The molecular formula is C29H43N3O5. The van der Waals surface area contributed by atoms with Gasteiger partial charge < -0.3 is 25.0 Å². The largest absolute Gasteiger partial charge is 0.380 e. The maximum absolute atomic E-state index is 13.5. The van der Waals surface area contributed by atoms with Crippen LogP contribution in [0.4, 0.5) is 0 Å². The Balaban J connectivity index is 2.36. The average molecular weight is 514 g/mol. The van der Waals surface area contributed by atoms with Crippen molar-refractivity contribution in [1.82, 2.24) is 15.5 Å². The second kappa shape index (κ2) is 15.4. The molecule has 204 valence electrons. The van der Waals surface area contributed by atoms with Crippen molar-refractivity contribution in [3.05, 3.63) is 59.0 Å². The van der Waals surface area contributed by atoms with Crippen LogP contribution in [0.1, 0.15) is 46.0 Å². The number of allylic oxidation sites excluding steroid dienone is 5. The number of nitrogens with one attached hydrogen (secondary N) is 2. The van der Waals surface area contributed by atoms with Gasteiger partial charge in [-0.15, -0.1) is 0 Å². The highest BCUT2D eigenvalue weighted by atomic mass is 16.5. The third-order valence-electron chi connectivity index (χ3n) is 6.52. The van der Waals surface area contributed by atoms with Crippen LogP contribution in [-0.4, -0.2) is 76.0 Å². The number of ether oxygens (including phenoxy) is 2. The minimum Gasteiger partial charge on any atom is -0.380 e. The highest BCUT2D eigenvalue weighted by molar-refractivity contribution is 6.23. The van der Waals surface area contributed by atoms with Gasteiger partial charge in [-0.3, -0.25) is 14.4 Å². The van der Waals surface area contributed by atoms with E-state index in [0.29, 0.717) is 29.8 Å². The molecule has 0 radical (unpaired) electrons. The summed E-state index contributed by atoms with van der Waals surface area (Å²) in [5, 5.41) is 5.84. The lowest BCUT2D eigenvalue weighted by molar-refractivity contribution is -0.120. The number of hydrogen-bond donors (Lipinski definition) is 2. The van der Waals surface area contributed by atoms with Gasteiger partial charge in [-0.25, -0.2) is 0 Å². The molecule has 37 heavy (non-hydrogen) atoms. The van der Waals surface area contributed by atoms with Gasteiger partial charge in [0.05, 0.1) is 11.4 Å². The molecule has 0 spiro atoms. The van der Waals surface area contributed by atoms with Crippen LogP contribution in [0, 0.1) is 5.92 Å². The van der Waals surface area contributed by atoms with Crippen LogP contribution >= 0.6 is 0 Å². The van der Waals surface area contributed by atoms with Gasteiger partial charge in [0.25, 0.3) is 5.91 Å². The van der Waals surface area contributed by atoms with Crippen LogP contribution in [0.15, 0.2) is 59.0 Å². The van der Waals surface area contributed by atoms with Crippen molar-refractivity contribution in [2.75, 3.05) is 41.4 Å². The van der Waals surface area contributed by atoms with Crippen molar-refractivity contribution < 1.29 is 23.9 Å². The Morgan fingerprint density at radius 2 is 1.78 bits per heavy atom. The lowest BCUT2D eigenvalue weighted by Gasteiger charge is -2.23. The zero-order valence-corrected chi connectivity index (χ0v) is 23.1. The number of methoxy groups -OCH3 is 2. The molecule has 1 aliphatic carbocycles. The molecule has 8 nitrogen and oxygen atoms in total. The van der Waals surface area contributed by atoms with Crippen LogP contribution in [0.5, 0.6) is 0 Å². The maximum atomic E-state index is 13.5. The number of hydrogen-bond acceptors (Lipinski definition) is 7. The van der Waals surface area contributed by atoms with Gasteiger partial charge in [-0.1, -0.05) is 50.1 Å². The van der Waals surface area contributed by atoms with E-state index < -0.39 is 5.91 Å². The monoisotopic (exact) mass is 513 g/mol. The number of carbonyl (C=O) groups excluding carboxylic acids is 3. The van der Waals surface area contributed by atoms with Gasteiger partial charge >= 0.3 is 0 Å². The Labute approximate surface area is 221 Å². The van der Waals surface area contributed by atoms with E-state index in [1.54, 1.807) is 33.3 Å². The van der Waals surface area contributed by atoms with E-state index in [1.165, 1.54) is 6.08 Å². The van der Waals surface area contributed by atoms with Crippen LogP contribution < -0.4 is 10.6 Å². The van der Waals surface area contributed by atoms with Crippen LogP contribution in [0.25, 0.3) is 0 Å². The van der Waals surface area contributed by atoms with E-state index in [9.17, 15) is 14.4 Å². The maximum Gasteiger partial charge on any atom is 0.251 e. The van der Waals surface area contributed by atoms with Gasteiger partial charge in [0.15, 0.2) is 0 Å². The van der Waals surface area contributed by atoms with Gasteiger partial charge in [-0.2, -0.15) is 0 Å². The molecule has 0 saturated carbocycles. The fraction of sp³-hybridized carbons (Fsp3) is 0.552. The molecule has 2 aliphatic rings. The Morgan fingerprint density at radius 1 is 1.08 bits per heavy atom. The molecule has 3 unspecified atom stereocenters. The van der Waals surface area contributed by atoms with Gasteiger partial charge in [0.1, 0.15) is 12.2 Å². The van der Waals surface area contributed by atoms with Crippen molar-refractivity contribution in [3.8, 4) is 0 Å². The summed E-state index contributed by atoms with van der Waals surface area (Å²) in [6.45, 7) is 5.01. The Morgan fingerprint density at radius 3 is 2.46 bits per heavy atom. The predicted octanol–water partition coefficient (Wildman–Crippen LogP) is 3.23. The number of rotatable bonds is 6. The van der Waals surface area contributed by atoms with Crippen LogP contribution in [-0.2, 0) is 23.9 Å². The second-order valence-corrected chi connectivity index (χ2v) is 9.95. The molecule has 1 heterocycles. The van der Waals surface area contributed by atoms with Gasteiger partial charge in [-0.05, 0) is 46.2 Å². The fourth-order valence-electron chi connectivity index (χ4n) is 4.27. The van der Waals surface area contributed by atoms with E-state index in [0.717, 1.165) is 32.2 Å². The molecule has 1 aliphatic heterocycles. The van der Waals surface area contributed by atoms with E-state index >= 15 is 0 Å². The zero-order chi connectivity index (χ0) is 27.4. The molecule has 0 aromatic heterocycles. The molecule has 0 saturated heterocycles. The first kappa shape index (κ1) is 30.4. The number of carbonyl (C=O) groups is 3. The summed E-state index contributed by atoms with van der Waals surface area (Å²) in [4.78, 5) is 41.3. The highest BCUT2D eigenvalue weighted by Crippen LogP contribution is 2.26. The van der Waals surface area contributed by atoms with E-state index in [2.05, 4.69) is 23.6 Å². The number of fused-ring (bicyclic) bond motifs is 2.